The van der Waals surface area contributed by atoms with Gasteiger partial charge in [0, 0.05) is 39.1 Å². The molecule has 0 saturated carbocycles. The lowest BCUT2D eigenvalue weighted by Gasteiger charge is -2.28. The number of ether oxygens (including phenoxy) is 1. The lowest BCUT2D eigenvalue weighted by Crippen LogP contribution is -2.42. The SMILES string of the molecule is CCOC[C@H](O)CN(C)C[C@@H]1C[C@H](F)CN1c1nnc(C)o1. The zero-order valence-corrected chi connectivity index (χ0v) is 13.4. The van der Waals surface area contributed by atoms with Gasteiger partial charge in [-0.2, -0.15) is 0 Å². The summed E-state index contributed by atoms with van der Waals surface area (Å²) < 4.78 is 24.4. The Hall–Kier alpha value is -1.25. The molecule has 7 nitrogen and oxygen atoms in total. The molecule has 8 heteroatoms. The van der Waals surface area contributed by atoms with Crippen LogP contribution in [-0.4, -0.2) is 78.4 Å². The second-order valence-electron chi connectivity index (χ2n) is 5.78. The Kier molecular flexibility index (Phi) is 6.10. The number of aromatic nitrogens is 2. The Morgan fingerprint density at radius 1 is 1.55 bits per heavy atom. The summed E-state index contributed by atoms with van der Waals surface area (Å²) in [6.07, 6.45) is -1.03. The molecule has 0 unspecified atom stereocenters. The number of aryl methyl sites for hydroxylation is 1. The van der Waals surface area contributed by atoms with E-state index in [1.165, 1.54) is 0 Å². The largest absolute Gasteiger partial charge is 0.408 e. The fourth-order valence-corrected chi connectivity index (χ4v) is 2.77. The third kappa shape index (κ3) is 4.62. The van der Waals surface area contributed by atoms with Gasteiger partial charge in [0.15, 0.2) is 0 Å². The molecule has 1 aromatic rings. The first kappa shape index (κ1) is 17.1. The van der Waals surface area contributed by atoms with E-state index in [0.717, 1.165) is 0 Å². The number of likely N-dealkylation sites (N-methyl/N-ethyl adjacent to an activating group) is 1. The first-order valence-corrected chi connectivity index (χ1v) is 7.64. The number of aliphatic hydroxyl groups excluding tert-OH is 1. The highest BCUT2D eigenvalue weighted by Crippen LogP contribution is 2.26. The van der Waals surface area contributed by atoms with Crippen LogP contribution in [0.4, 0.5) is 10.4 Å². The van der Waals surface area contributed by atoms with E-state index in [2.05, 4.69) is 10.2 Å². The first-order chi connectivity index (χ1) is 10.5. The van der Waals surface area contributed by atoms with E-state index in [1.54, 1.807) is 6.92 Å². The normalized spacial score (nSPS) is 23.5. The summed E-state index contributed by atoms with van der Waals surface area (Å²) in [6.45, 7) is 5.85. The smallest absolute Gasteiger partial charge is 0.318 e. The van der Waals surface area contributed by atoms with Crippen LogP contribution in [0.1, 0.15) is 19.2 Å². The van der Waals surface area contributed by atoms with Crippen molar-refractivity contribution in [1.82, 2.24) is 15.1 Å². The molecule has 0 aromatic carbocycles. The summed E-state index contributed by atoms with van der Waals surface area (Å²) in [6, 6.07) is 0.324. The van der Waals surface area contributed by atoms with Crippen LogP contribution < -0.4 is 4.90 Å². The Bertz CT molecular complexity index is 459. The molecule has 0 bridgehead atoms. The van der Waals surface area contributed by atoms with Crippen molar-refractivity contribution in [2.75, 3.05) is 44.8 Å². The van der Waals surface area contributed by atoms with Crippen LogP contribution in [0.3, 0.4) is 0 Å². The Balaban J connectivity index is 1.89. The topological polar surface area (TPSA) is 74.9 Å². The van der Waals surface area contributed by atoms with Crippen molar-refractivity contribution in [2.24, 2.45) is 0 Å². The highest BCUT2D eigenvalue weighted by molar-refractivity contribution is 5.30. The van der Waals surface area contributed by atoms with E-state index in [-0.39, 0.29) is 12.6 Å². The van der Waals surface area contributed by atoms with Crippen molar-refractivity contribution in [3.05, 3.63) is 5.89 Å². The average molecular weight is 316 g/mol. The third-order valence-corrected chi connectivity index (χ3v) is 3.68. The maximum absolute atomic E-state index is 13.8. The number of anilines is 1. The Morgan fingerprint density at radius 2 is 2.32 bits per heavy atom. The van der Waals surface area contributed by atoms with Gasteiger partial charge >= 0.3 is 6.01 Å². The van der Waals surface area contributed by atoms with Gasteiger partial charge in [0.1, 0.15) is 6.17 Å². The van der Waals surface area contributed by atoms with Crippen molar-refractivity contribution >= 4 is 6.01 Å². The standard InChI is InChI=1S/C14H25FN4O3/c1-4-21-9-13(20)8-18(3)7-12-5-11(15)6-19(12)14-17-16-10(2)22-14/h11-13,20H,4-9H2,1-3H3/t11-,12-,13+/m0/s1. The van der Waals surface area contributed by atoms with Crippen molar-refractivity contribution in [3.63, 3.8) is 0 Å². The summed E-state index contributed by atoms with van der Waals surface area (Å²) in [7, 11) is 1.90. The van der Waals surface area contributed by atoms with Gasteiger partial charge < -0.3 is 24.1 Å². The van der Waals surface area contributed by atoms with Crippen LogP contribution in [0.5, 0.6) is 0 Å². The van der Waals surface area contributed by atoms with Crippen LogP contribution in [0, 0.1) is 6.92 Å². The summed E-state index contributed by atoms with van der Waals surface area (Å²) in [5.41, 5.74) is 0. The molecule has 1 saturated heterocycles. The summed E-state index contributed by atoms with van der Waals surface area (Å²) >= 11 is 0. The van der Waals surface area contributed by atoms with Crippen molar-refractivity contribution in [2.45, 2.75) is 38.6 Å². The lowest BCUT2D eigenvalue weighted by molar-refractivity contribution is 0.0247. The highest BCUT2D eigenvalue weighted by atomic mass is 19.1. The quantitative estimate of drug-likeness (QED) is 0.753. The third-order valence-electron chi connectivity index (χ3n) is 3.68. The molecule has 2 rings (SSSR count). The molecule has 1 fully saturated rings. The second-order valence-corrected chi connectivity index (χ2v) is 5.78. The van der Waals surface area contributed by atoms with E-state index in [0.29, 0.717) is 44.6 Å². The molecule has 2 heterocycles. The molecule has 1 aromatic heterocycles. The second kappa shape index (κ2) is 7.85. The maximum Gasteiger partial charge on any atom is 0.318 e. The Labute approximate surface area is 130 Å². The van der Waals surface area contributed by atoms with Crippen molar-refractivity contribution < 1.29 is 18.7 Å². The molecule has 0 radical (unpaired) electrons. The van der Waals surface area contributed by atoms with Crippen LogP contribution in [0.2, 0.25) is 0 Å². The zero-order valence-electron chi connectivity index (χ0n) is 13.4. The number of nitrogens with zero attached hydrogens (tertiary/aromatic N) is 4. The fraction of sp³-hybridized carbons (Fsp3) is 0.857. The molecule has 22 heavy (non-hydrogen) atoms. The Morgan fingerprint density at radius 3 is 2.95 bits per heavy atom. The predicted octanol–water partition coefficient (Wildman–Crippen LogP) is 0.624. The van der Waals surface area contributed by atoms with Crippen LogP contribution in [0.25, 0.3) is 0 Å². The van der Waals surface area contributed by atoms with Gasteiger partial charge in [-0.15, -0.1) is 5.10 Å². The van der Waals surface area contributed by atoms with Crippen LogP contribution in [-0.2, 0) is 4.74 Å². The lowest BCUT2D eigenvalue weighted by atomic mass is 10.2. The number of hydrogen-bond donors (Lipinski definition) is 1. The molecule has 1 aliphatic rings. The van der Waals surface area contributed by atoms with E-state index in [1.807, 2.05) is 23.8 Å². The summed E-state index contributed by atoms with van der Waals surface area (Å²) in [4.78, 5) is 3.79. The van der Waals surface area contributed by atoms with E-state index < -0.39 is 12.3 Å². The van der Waals surface area contributed by atoms with Gasteiger partial charge in [-0.05, 0) is 14.0 Å². The van der Waals surface area contributed by atoms with Crippen molar-refractivity contribution in [1.29, 1.82) is 0 Å². The number of aliphatic hydroxyl groups is 1. The summed E-state index contributed by atoms with van der Waals surface area (Å²) in [5.74, 6) is 0.469. The predicted molar refractivity (Wildman–Crippen MR) is 79.7 cm³/mol. The molecule has 0 amide bonds. The fourth-order valence-electron chi connectivity index (χ4n) is 2.77. The van der Waals surface area contributed by atoms with Gasteiger partial charge in [0.2, 0.25) is 5.89 Å². The number of halogens is 1. The van der Waals surface area contributed by atoms with Gasteiger partial charge in [-0.25, -0.2) is 4.39 Å². The van der Waals surface area contributed by atoms with E-state index >= 15 is 0 Å². The average Bonchev–Trinajstić information content (AvgIpc) is 3.02. The van der Waals surface area contributed by atoms with Crippen LogP contribution in [0.15, 0.2) is 4.42 Å². The molecule has 0 spiro atoms. The minimum absolute atomic E-state index is 0.0425. The summed E-state index contributed by atoms with van der Waals surface area (Å²) in [5, 5.41) is 17.6. The monoisotopic (exact) mass is 316 g/mol. The van der Waals surface area contributed by atoms with Gasteiger partial charge in [0.05, 0.1) is 19.3 Å². The molecule has 3 atom stereocenters. The van der Waals surface area contributed by atoms with Gasteiger partial charge in [0.25, 0.3) is 0 Å². The molecule has 126 valence electrons. The van der Waals surface area contributed by atoms with Crippen molar-refractivity contribution in [3.8, 4) is 0 Å². The maximum atomic E-state index is 13.8. The molecular formula is C14H25FN4O3. The molecular weight excluding hydrogens is 291 g/mol. The number of alkyl halides is 1. The highest BCUT2D eigenvalue weighted by Gasteiger charge is 2.35. The number of rotatable bonds is 8. The van der Waals surface area contributed by atoms with Gasteiger partial charge in [-0.3, -0.25) is 0 Å². The minimum Gasteiger partial charge on any atom is -0.408 e. The minimum atomic E-state index is -0.904. The molecule has 1 N–H and O–H groups in total. The van der Waals surface area contributed by atoms with Crippen LogP contribution >= 0.6 is 0 Å². The van der Waals surface area contributed by atoms with E-state index in [9.17, 15) is 9.50 Å². The first-order valence-electron chi connectivity index (χ1n) is 7.64. The number of hydrogen-bond acceptors (Lipinski definition) is 7. The van der Waals surface area contributed by atoms with E-state index in [4.69, 9.17) is 9.15 Å². The molecule has 1 aliphatic heterocycles. The molecule has 0 aliphatic carbocycles. The van der Waals surface area contributed by atoms with Gasteiger partial charge in [-0.1, -0.05) is 5.10 Å². The zero-order chi connectivity index (χ0) is 16.1.